The summed E-state index contributed by atoms with van der Waals surface area (Å²) < 4.78 is 29.0. The molecule has 2 amide bonds. The van der Waals surface area contributed by atoms with Crippen molar-refractivity contribution in [1.29, 1.82) is 0 Å². The van der Waals surface area contributed by atoms with Crippen LogP contribution in [0, 0.1) is 0 Å². The fourth-order valence-corrected chi connectivity index (χ4v) is 1.43. The van der Waals surface area contributed by atoms with Crippen molar-refractivity contribution in [3.05, 3.63) is 47.6 Å². The normalized spacial score (nSPS) is 10.6. The summed E-state index contributed by atoms with van der Waals surface area (Å²) >= 11 is 0. The maximum absolute atomic E-state index is 12.2. The van der Waals surface area contributed by atoms with Crippen LogP contribution in [-0.4, -0.2) is 16.2 Å². The number of carbonyl (C=O) groups is 1. The summed E-state index contributed by atoms with van der Waals surface area (Å²) in [5.74, 6) is -0.762. The number of carbonyl (C=O) groups excluding carboxylic acids is 1. The Labute approximate surface area is 113 Å². The molecule has 2 rings (SSSR count). The van der Waals surface area contributed by atoms with Crippen LogP contribution in [0.4, 0.5) is 13.6 Å². The number of nitrogens with one attached hydrogen (secondary N) is 2. The van der Waals surface area contributed by atoms with E-state index in [9.17, 15) is 13.6 Å². The first kappa shape index (κ1) is 13.9. The maximum Gasteiger partial charge on any atom is 0.315 e. The van der Waals surface area contributed by atoms with Gasteiger partial charge in [0.25, 0.3) is 0 Å². The number of halogens is 2. The number of nitrogens with zero attached hydrogens (tertiary/aromatic N) is 2. The van der Waals surface area contributed by atoms with E-state index in [-0.39, 0.29) is 12.4 Å². The molecule has 0 saturated carbocycles. The first-order chi connectivity index (χ1) is 9.65. The van der Waals surface area contributed by atoms with Crippen LogP contribution in [0.5, 0.6) is 0 Å². The third kappa shape index (κ3) is 4.01. The average Bonchev–Trinajstić information content (AvgIpc) is 2.93. The molecule has 20 heavy (non-hydrogen) atoms. The molecule has 8 heteroatoms. The third-order valence-electron chi connectivity index (χ3n) is 2.38. The van der Waals surface area contributed by atoms with Crippen LogP contribution in [0.1, 0.15) is 23.7 Å². The minimum atomic E-state index is -2.79. The smallest absolute Gasteiger partial charge is 0.315 e. The van der Waals surface area contributed by atoms with Gasteiger partial charge in [-0.1, -0.05) is 35.5 Å². The monoisotopic (exact) mass is 282 g/mol. The number of rotatable bonds is 5. The minimum absolute atomic E-state index is 0.0739. The van der Waals surface area contributed by atoms with Crippen molar-refractivity contribution >= 4 is 6.03 Å². The molecule has 1 aromatic carbocycles. The van der Waals surface area contributed by atoms with E-state index in [0.717, 1.165) is 5.56 Å². The van der Waals surface area contributed by atoms with Gasteiger partial charge in [-0.25, -0.2) is 13.6 Å². The van der Waals surface area contributed by atoms with Crippen molar-refractivity contribution < 1.29 is 18.1 Å². The number of hydrogen-bond donors (Lipinski definition) is 2. The fourth-order valence-electron chi connectivity index (χ4n) is 1.43. The van der Waals surface area contributed by atoms with Crippen molar-refractivity contribution in [2.24, 2.45) is 0 Å². The Hall–Kier alpha value is -2.51. The zero-order valence-electron chi connectivity index (χ0n) is 10.3. The molecule has 2 N–H and O–H groups in total. The van der Waals surface area contributed by atoms with E-state index < -0.39 is 18.3 Å². The molecular formula is C12H12F2N4O2. The Bertz CT molecular complexity index is 560. The van der Waals surface area contributed by atoms with Crippen LogP contribution in [0.15, 0.2) is 34.9 Å². The molecule has 2 aromatic rings. The molecule has 0 spiro atoms. The van der Waals surface area contributed by atoms with Gasteiger partial charge in [-0.15, -0.1) is 0 Å². The highest BCUT2D eigenvalue weighted by atomic mass is 19.3. The number of alkyl halides is 2. The molecule has 6 nitrogen and oxygen atoms in total. The molecule has 0 saturated heterocycles. The molecule has 0 fully saturated rings. The van der Waals surface area contributed by atoms with Gasteiger partial charge in [0.2, 0.25) is 11.7 Å². The molecule has 0 aliphatic rings. The summed E-state index contributed by atoms with van der Waals surface area (Å²) in [4.78, 5) is 14.9. The van der Waals surface area contributed by atoms with E-state index in [1.807, 2.05) is 30.3 Å². The lowest BCUT2D eigenvalue weighted by atomic mass is 10.2. The fraction of sp³-hybridized carbons (Fsp3) is 0.250. The highest BCUT2D eigenvalue weighted by Gasteiger charge is 2.15. The summed E-state index contributed by atoms with van der Waals surface area (Å²) in [6.45, 7) is 0.249. The summed E-state index contributed by atoms with van der Waals surface area (Å²) in [5.41, 5.74) is 0.945. The SMILES string of the molecule is O=C(NCc1ccccc1)NCc1nc(C(F)F)no1. The lowest BCUT2D eigenvalue weighted by Gasteiger charge is -2.05. The first-order valence-corrected chi connectivity index (χ1v) is 5.81. The zero-order valence-corrected chi connectivity index (χ0v) is 10.3. The van der Waals surface area contributed by atoms with Crippen LogP contribution in [0.3, 0.4) is 0 Å². The summed E-state index contributed by atoms with van der Waals surface area (Å²) in [7, 11) is 0. The van der Waals surface area contributed by atoms with Gasteiger partial charge >= 0.3 is 12.5 Å². The summed E-state index contributed by atoms with van der Waals surface area (Å²) in [5, 5.41) is 8.12. The lowest BCUT2D eigenvalue weighted by Crippen LogP contribution is -2.34. The number of benzene rings is 1. The molecule has 0 atom stereocenters. The highest BCUT2D eigenvalue weighted by Crippen LogP contribution is 2.14. The van der Waals surface area contributed by atoms with Gasteiger partial charge in [0.15, 0.2) is 0 Å². The quantitative estimate of drug-likeness (QED) is 0.879. The van der Waals surface area contributed by atoms with E-state index in [0.29, 0.717) is 6.54 Å². The van der Waals surface area contributed by atoms with Crippen LogP contribution >= 0.6 is 0 Å². The van der Waals surface area contributed by atoms with E-state index in [1.54, 1.807) is 0 Å². The third-order valence-corrected chi connectivity index (χ3v) is 2.38. The largest absolute Gasteiger partial charge is 0.337 e. The number of aromatic nitrogens is 2. The number of urea groups is 1. The molecule has 0 aliphatic carbocycles. The van der Waals surface area contributed by atoms with E-state index in [2.05, 4.69) is 25.3 Å². The van der Waals surface area contributed by atoms with E-state index in [1.165, 1.54) is 0 Å². The van der Waals surface area contributed by atoms with Crippen molar-refractivity contribution in [3.63, 3.8) is 0 Å². The predicted octanol–water partition coefficient (Wildman–Crippen LogP) is 2.01. The maximum atomic E-state index is 12.2. The van der Waals surface area contributed by atoms with Gasteiger partial charge in [-0.2, -0.15) is 4.98 Å². The molecule has 0 bridgehead atoms. The molecule has 1 heterocycles. The zero-order chi connectivity index (χ0) is 14.4. The topological polar surface area (TPSA) is 80.0 Å². The molecule has 0 unspecified atom stereocenters. The standard InChI is InChI=1S/C12H12F2N4O2/c13-10(14)11-17-9(20-18-11)7-16-12(19)15-6-8-4-2-1-3-5-8/h1-5,10H,6-7H2,(H2,15,16,19). The van der Waals surface area contributed by atoms with Gasteiger partial charge in [-0.05, 0) is 5.56 Å². The van der Waals surface area contributed by atoms with Crippen molar-refractivity contribution in [2.75, 3.05) is 0 Å². The molecular weight excluding hydrogens is 270 g/mol. The van der Waals surface area contributed by atoms with Gasteiger partial charge in [0.1, 0.15) is 0 Å². The Morgan fingerprint density at radius 1 is 1.20 bits per heavy atom. The Balaban J connectivity index is 1.74. The Morgan fingerprint density at radius 3 is 2.55 bits per heavy atom. The lowest BCUT2D eigenvalue weighted by molar-refractivity contribution is 0.136. The average molecular weight is 282 g/mol. The second kappa shape index (κ2) is 6.60. The van der Waals surface area contributed by atoms with E-state index in [4.69, 9.17) is 0 Å². The van der Waals surface area contributed by atoms with E-state index >= 15 is 0 Å². The van der Waals surface area contributed by atoms with Crippen molar-refractivity contribution in [3.8, 4) is 0 Å². The predicted molar refractivity (Wildman–Crippen MR) is 64.8 cm³/mol. The summed E-state index contributed by atoms with van der Waals surface area (Å²) in [6, 6.07) is 8.88. The molecule has 0 aliphatic heterocycles. The number of amides is 2. The Kier molecular flexibility index (Phi) is 4.59. The second-order valence-electron chi connectivity index (χ2n) is 3.87. The van der Waals surface area contributed by atoms with Crippen molar-refractivity contribution in [1.82, 2.24) is 20.8 Å². The van der Waals surface area contributed by atoms with Crippen LogP contribution in [0.25, 0.3) is 0 Å². The van der Waals surface area contributed by atoms with Crippen LogP contribution in [-0.2, 0) is 13.1 Å². The van der Waals surface area contributed by atoms with Crippen molar-refractivity contribution in [2.45, 2.75) is 19.5 Å². The minimum Gasteiger partial charge on any atom is -0.337 e. The van der Waals surface area contributed by atoms with Gasteiger partial charge in [0.05, 0.1) is 6.54 Å². The summed E-state index contributed by atoms with van der Waals surface area (Å²) in [6.07, 6.45) is -2.79. The molecule has 106 valence electrons. The number of hydrogen-bond acceptors (Lipinski definition) is 4. The van der Waals surface area contributed by atoms with Crippen LogP contribution in [0.2, 0.25) is 0 Å². The Morgan fingerprint density at radius 2 is 1.90 bits per heavy atom. The van der Waals surface area contributed by atoms with Gasteiger partial charge in [-0.3, -0.25) is 0 Å². The second-order valence-corrected chi connectivity index (χ2v) is 3.87. The first-order valence-electron chi connectivity index (χ1n) is 5.81. The van der Waals surface area contributed by atoms with Gasteiger partial charge in [0, 0.05) is 6.54 Å². The van der Waals surface area contributed by atoms with Crippen LogP contribution < -0.4 is 10.6 Å². The highest BCUT2D eigenvalue weighted by molar-refractivity contribution is 5.73. The molecule has 0 radical (unpaired) electrons. The molecule has 1 aromatic heterocycles. The van der Waals surface area contributed by atoms with Gasteiger partial charge < -0.3 is 15.2 Å².